The van der Waals surface area contributed by atoms with E-state index in [1.54, 1.807) is 12.1 Å². The maximum Gasteiger partial charge on any atom is 0.453 e. The van der Waals surface area contributed by atoms with E-state index in [9.17, 15) is 32.9 Å². The van der Waals surface area contributed by atoms with Crippen molar-refractivity contribution in [3.8, 4) is 17.2 Å². The zero-order valence-corrected chi connectivity index (χ0v) is 20.3. The van der Waals surface area contributed by atoms with Crippen molar-refractivity contribution in [2.45, 2.75) is 32.4 Å². The van der Waals surface area contributed by atoms with E-state index in [2.05, 4.69) is 0 Å². The molecule has 4 aromatic rings. The molecule has 0 radical (unpaired) electrons. The second-order valence-electron chi connectivity index (χ2n) is 9.32. The number of ether oxygens (including phenoxy) is 2. The molecule has 1 aromatic heterocycles. The fraction of sp³-hybridized carbons (Fsp3) is 0.185. The van der Waals surface area contributed by atoms with E-state index in [-0.39, 0.29) is 33.6 Å². The maximum absolute atomic E-state index is 13.9. The van der Waals surface area contributed by atoms with Gasteiger partial charge in [-0.1, -0.05) is 32.9 Å². The number of hydrogen-bond donors (Lipinski definition) is 0. The molecular formula is C27H20F3NO7. The number of carbonyl (C=O) groups excluding carboxylic acids is 1. The highest BCUT2D eigenvalue weighted by atomic mass is 19.4. The van der Waals surface area contributed by atoms with Crippen LogP contribution < -0.4 is 14.9 Å². The molecule has 196 valence electrons. The van der Waals surface area contributed by atoms with Gasteiger partial charge < -0.3 is 13.9 Å². The number of nitrogens with zero attached hydrogens (tertiary/aromatic N) is 1. The van der Waals surface area contributed by atoms with Crippen LogP contribution in [0.3, 0.4) is 0 Å². The summed E-state index contributed by atoms with van der Waals surface area (Å²) in [6.07, 6.45) is -5.07. The van der Waals surface area contributed by atoms with Gasteiger partial charge in [-0.15, -0.1) is 0 Å². The van der Waals surface area contributed by atoms with Crippen molar-refractivity contribution in [1.29, 1.82) is 0 Å². The highest BCUT2D eigenvalue weighted by molar-refractivity contribution is 5.92. The molecule has 0 aliphatic rings. The van der Waals surface area contributed by atoms with Gasteiger partial charge in [0.1, 0.15) is 17.1 Å². The third-order valence-corrected chi connectivity index (χ3v) is 5.54. The van der Waals surface area contributed by atoms with Crippen molar-refractivity contribution >= 4 is 22.6 Å². The van der Waals surface area contributed by atoms with Gasteiger partial charge in [-0.2, -0.15) is 13.2 Å². The van der Waals surface area contributed by atoms with Crippen LogP contribution in [0.25, 0.3) is 11.0 Å². The number of nitro groups is 1. The fourth-order valence-corrected chi connectivity index (χ4v) is 3.53. The predicted molar refractivity (Wildman–Crippen MR) is 131 cm³/mol. The van der Waals surface area contributed by atoms with E-state index in [4.69, 9.17) is 13.9 Å². The topological polar surface area (TPSA) is 109 Å². The van der Waals surface area contributed by atoms with Crippen LogP contribution in [-0.2, 0) is 11.6 Å². The number of halogens is 3. The summed E-state index contributed by atoms with van der Waals surface area (Å²) in [6, 6.07) is 14.2. The van der Waals surface area contributed by atoms with Gasteiger partial charge in [-0.3, -0.25) is 14.9 Å². The second-order valence-corrected chi connectivity index (χ2v) is 9.32. The van der Waals surface area contributed by atoms with Crippen molar-refractivity contribution in [2.24, 2.45) is 0 Å². The van der Waals surface area contributed by atoms with Crippen LogP contribution in [-0.4, -0.2) is 10.9 Å². The number of fused-ring (bicyclic) bond motifs is 1. The molecule has 0 spiro atoms. The minimum atomic E-state index is -5.07. The Morgan fingerprint density at radius 2 is 1.53 bits per heavy atom. The Morgan fingerprint density at radius 1 is 0.921 bits per heavy atom. The number of benzene rings is 3. The molecule has 8 nitrogen and oxygen atoms in total. The molecule has 0 aliphatic carbocycles. The number of rotatable bonds is 5. The van der Waals surface area contributed by atoms with E-state index in [1.807, 2.05) is 20.8 Å². The van der Waals surface area contributed by atoms with E-state index in [1.165, 1.54) is 30.3 Å². The molecule has 1 heterocycles. The summed E-state index contributed by atoms with van der Waals surface area (Å²) in [6.45, 7) is 5.92. The van der Waals surface area contributed by atoms with Gasteiger partial charge >= 0.3 is 12.1 Å². The monoisotopic (exact) mass is 527 g/mol. The number of nitro benzene ring substituents is 1. The minimum absolute atomic E-state index is 0.0174. The first kappa shape index (κ1) is 26.4. The first-order valence-electron chi connectivity index (χ1n) is 11.2. The molecule has 4 rings (SSSR count). The largest absolute Gasteiger partial charge is 0.453 e. The summed E-state index contributed by atoms with van der Waals surface area (Å²) in [5.74, 6) is -3.78. The first-order chi connectivity index (χ1) is 17.7. The zero-order valence-electron chi connectivity index (χ0n) is 20.3. The van der Waals surface area contributed by atoms with E-state index >= 15 is 0 Å². The van der Waals surface area contributed by atoms with E-state index < -0.39 is 39.6 Å². The molecule has 0 saturated heterocycles. The minimum Gasteiger partial charge on any atom is -0.449 e. The van der Waals surface area contributed by atoms with Crippen molar-refractivity contribution in [1.82, 2.24) is 0 Å². The third-order valence-electron chi connectivity index (χ3n) is 5.54. The Labute approximate surface area is 213 Å². The van der Waals surface area contributed by atoms with Crippen LogP contribution in [0, 0.1) is 10.1 Å². The average molecular weight is 527 g/mol. The quantitative estimate of drug-likeness (QED) is 0.119. The lowest BCUT2D eigenvalue weighted by atomic mass is 9.87. The second kappa shape index (κ2) is 9.66. The van der Waals surface area contributed by atoms with Crippen LogP contribution >= 0.6 is 0 Å². The molecule has 0 unspecified atom stereocenters. The Bertz CT molecular complexity index is 1580. The average Bonchev–Trinajstić information content (AvgIpc) is 2.84. The van der Waals surface area contributed by atoms with Crippen LogP contribution in [0.5, 0.6) is 17.2 Å². The Morgan fingerprint density at radius 3 is 2.08 bits per heavy atom. The molecule has 0 saturated carbocycles. The number of alkyl halides is 3. The molecule has 0 atom stereocenters. The molecule has 11 heteroatoms. The summed E-state index contributed by atoms with van der Waals surface area (Å²) >= 11 is 0. The van der Waals surface area contributed by atoms with Crippen molar-refractivity contribution in [3.63, 3.8) is 0 Å². The summed E-state index contributed by atoms with van der Waals surface area (Å²) in [7, 11) is 0. The van der Waals surface area contributed by atoms with E-state index in [0.717, 1.165) is 29.8 Å². The molecule has 0 amide bonds. The lowest BCUT2D eigenvalue weighted by Crippen LogP contribution is -2.16. The highest BCUT2D eigenvalue weighted by Gasteiger charge is 2.40. The molecule has 3 aromatic carbocycles. The maximum atomic E-state index is 13.9. The lowest BCUT2D eigenvalue weighted by Gasteiger charge is -2.19. The summed E-state index contributed by atoms with van der Waals surface area (Å²) in [5, 5.41) is 10.5. The molecule has 0 N–H and O–H groups in total. The Balaban J connectivity index is 1.68. The third kappa shape index (κ3) is 5.51. The Kier molecular flexibility index (Phi) is 6.71. The van der Waals surface area contributed by atoms with Gasteiger partial charge in [-0.05, 0) is 47.4 Å². The zero-order chi connectivity index (χ0) is 27.8. The van der Waals surface area contributed by atoms with Crippen LogP contribution in [0.2, 0.25) is 0 Å². The molecule has 0 aliphatic heterocycles. The smallest absolute Gasteiger partial charge is 0.449 e. The van der Waals surface area contributed by atoms with Gasteiger partial charge in [0, 0.05) is 18.2 Å². The fourth-order valence-electron chi connectivity index (χ4n) is 3.53. The van der Waals surface area contributed by atoms with Crippen molar-refractivity contribution in [2.75, 3.05) is 0 Å². The Hall–Kier alpha value is -4.67. The van der Waals surface area contributed by atoms with Gasteiger partial charge in [0.25, 0.3) is 11.4 Å². The summed E-state index contributed by atoms with van der Waals surface area (Å²) in [4.78, 5) is 35.5. The van der Waals surface area contributed by atoms with Crippen LogP contribution in [0.15, 0.2) is 75.9 Å². The SMILES string of the molecule is CC(C)(C)c1ccc(Oc2c(C(F)(F)F)oc3cc(OC(=O)c4ccc([N+](=O)[O-])cc4)ccc3c2=O)cc1. The van der Waals surface area contributed by atoms with Crippen LogP contribution in [0.4, 0.5) is 18.9 Å². The van der Waals surface area contributed by atoms with Gasteiger partial charge in [0.05, 0.1) is 15.9 Å². The molecule has 38 heavy (non-hydrogen) atoms. The molecule has 0 fully saturated rings. The number of non-ortho nitro benzene ring substituents is 1. The number of esters is 1. The molecular weight excluding hydrogens is 507 g/mol. The summed E-state index contributed by atoms with van der Waals surface area (Å²) in [5.41, 5.74) is -1.09. The van der Waals surface area contributed by atoms with Crippen molar-refractivity contribution in [3.05, 3.63) is 104 Å². The van der Waals surface area contributed by atoms with Gasteiger partial charge in [-0.25, -0.2) is 4.79 Å². The summed E-state index contributed by atoms with van der Waals surface area (Å²) < 4.78 is 57.1. The van der Waals surface area contributed by atoms with Crippen LogP contribution in [0.1, 0.15) is 42.5 Å². The van der Waals surface area contributed by atoms with Crippen molar-refractivity contribution < 1.29 is 36.8 Å². The molecule has 0 bridgehead atoms. The standard InChI is InChI=1S/C27H20F3NO7/c1-26(2,3)16-6-10-18(11-7-16)36-23-22(32)20-13-12-19(14-21(20)38-24(23)27(28,29)30)37-25(33)15-4-8-17(9-5-15)31(34)35/h4-14H,1-3H3. The number of hydrogen-bond acceptors (Lipinski definition) is 7. The number of carbonyl (C=O) groups is 1. The van der Waals surface area contributed by atoms with E-state index in [0.29, 0.717) is 0 Å². The highest BCUT2D eigenvalue weighted by Crippen LogP contribution is 2.39. The van der Waals surface area contributed by atoms with Gasteiger partial charge in [0.15, 0.2) is 0 Å². The van der Waals surface area contributed by atoms with Gasteiger partial charge in [0.2, 0.25) is 11.2 Å². The predicted octanol–water partition coefficient (Wildman–Crippen LogP) is 7.03. The lowest BCUT2D eigenvalue weighted by molar-refractivity contribution is -0.384. The first-order valence-corrected chi connectivity index (χ1v) is 11.2. The normalized spacial score (nSPS) is 11.8.